The molecule has 2 heterocycles. The van der Waals surface area contributed by atoms with Crippen molar-refractivity contribution in [3.8, 4) is 0 Å². The molecule has 0 radical (unpaired) electrons. The third-order valence-corrected chi connectivity index (χ3v) is 5.15. The van der Waals surface area contributed by atoms with Crippen LogP contribution in [-0.2, 0) is 19.6 Å². The van der Waals surface area contributed by atoms with E-state index in [4.69, 9.17) is 28.4 Å². The van der Waals surface area contributed by atoms with E-state index in [1.54, 1.807) is 31.4 Å². The summed E-state index contributed by atoms with van der Waals surface area (Å²) >= 11 is 0. The molecule has 0 atom stereocenters. The highest BCUT2D eigenvalue weighted by Gasteiger charge is 2.28. The molecule has 0 N–H and O–H groups in total. The van der Waals surface area contributed by atoms with Gasteiger partial charge in [0.25, 0.3) is 6.29 Å². The maximum absolute atomic E-state index is 9.96. The molecular formula is C27H44O7. The highest BCUT2D eigenvalue weighted by Crippen LogP contribution is 2.28. The minimum absolute atomic E-state index is 0.403. The second-order valence-electron chi connectivity index (χ2n) is 9.75. The number of hydrogen-bond donors (Lipinski definition) is 0. The molecule has 0 aromatic carbocycles. The zero-order valence-electron chi connectivity index (χ0n) is 22.1. The van der Waals surface area contributed by atoms with E-state index in [9.17, 15) is 4.79 Å². The predicted molar refractivity (Wildman–Crippen MR) is 131 cm³/mol. The highest BCUT2D eigenvalue weighted by molar-refractivity contribution is 5.74. The summed E-state index contributed by atoms with van der Waals surface area (Å²) in [6.07, 6.45) is 11.6. The van der Waals surface area contributed by atoms with Crippen molar-refractivity contribution in [3.05, 3.63) is 47.8 Å². The topological polar surface area (TPSA) is 80.3 Å². The Kier molecular flexibility index (Phi) is 14.1. The van der Waals surface area contributed by atoms with Crippen molar-refractivity contribution in [1.82, 2.24) is 0 Å². The van der Waals surface area contributed by atoms with Gasteiger partial charge in [0.2, 0.25) is 0 Å². The lowest BCUT2D eigenvalue weighted by atomic mass is 10.0. The molecule has 7 nitrogen and oxygen atoms in total. The lowest BCUT2D eigenvalue weighted by Gasteiger charge is -2.28. The number of aryl methyl sites for hydroxylation is 1. The van der Waals surface area contributed by atoms with Crippen molar-refractivity contribution in [1.29, 1.82) is 0 Å². The van der Waals surface area contributed by atoms with Gasteiger partial charge in [0.1, 0.15) is 12.0 Å². The molecule has 2 rings (SSSR count). The van der Waals surface area contributed by atoms with Crippen LogP contribution in [0, 0.1) is 6.92 Å². The van der Waals surface area contributed by atoms with Crippen molar-refractivity contribution in [2.24, 2.45) is 0 Å². The maximum atomic E-state index is 9.96. The molecule has 0 spiro atoms. The molecular weight excluding hydrogens is 436 g/mol. The molecule has 0 fully saturated rings. The number of unbranched alkanes of at least 4 members (excludes halogenated alkanes) is 4. The average Bonchev–Trinajstić information content (AvgIpc) is 3.46. The Labute approximate surface area is 204 Å². The van der Waals surface area contributed by atoms with Crippen LogP contribution in [0.1, 0.15) is 121 Å². The Hall–Kier alpha value is -1.93. The molecule has 0 amide bonds. The summed E-state index contributed by atoms with van der Waals surface area (Å²) in [5.74, 6) is 1.28. The van der Waals surface area contributed by atoms with Gasteiger partial charge in [-0.2, -0.15) is 9.78 Å². The Morgan fingerprint density at radius 2 is 1.47 bits per heavy atom. The number of carbonyl (C=O) groups excluding carboxylic acids is 1. The molecule has 194 valence electrons. The number of aldehydes is 1. The first kappa shape index (κ1) is 30.1. The van der Waals surface area contributed by atoms with Gasteiger partial charge in [-0.05, 0) is 65.7 Å². The first-order valence-corrected chi connectivity index (χ1v) is 12.3. The van der Waals surface area contributed by atoms with Crippen LogP contribution in [0.15, 0.2) is 39.6 Å². The molecule has 0 saturated carbocycles. The van der Waals surface area contributed by atoms with Crippen LogP contribution in [-0.4, -0.2) is 17.5 Å². The highest BCUT2D eigenvalue weighted by atomic mass is 17.3. The lowest BCUT2D eigenvalue weighted by Crippen LogP contribution is -2.29. The molecule has 0 aliphatic heterocycles. The molecule has 2 aromatic heterocycles. The van der Waals surface area contributed by atoms with Gasteiger partial charge in [-0.15, -0.1) is 0 Å². The maximum Gasteiger partial charge on any atom is 0.281 e. The summed E-state index contributed by atoms with van der Waals surface area (Å²) in [4.78, 5) is 32.4. The second-order valence-corrected chi connectivity index (χ2v) is 9.75. The molecule has 0 bridgehead atoms. The van der Waals surface area contributed by atoms with Gasteiger partial charge in [0, 0.05) is 0 Å². The van der Waals surface area contributed by atoms with Gasteiger partial charge in [-0.3, -0.25) is 4.79 Å². The van der Waals surface area contributed by atoms with Crippen LogP contribution in [0.5, 0.6) is 0 Å². The molecule has 0 aliphatic rings. The van der Waals surface area contributed by atoms with Gasteiger partial charge >= 0.3 is 0 Å². The monoisotopic (exact) mass is 480 g/mol. The summed E-state index contributed by atoms with van der Waals surface area (Å²) in [7, 11) is 0. The van der Waals surface area contributed by atoms with Gasteiger partial charge < -0.3 is 8.83 Å². The van der Waals surface area contributed by atoms with Crippen LogP contribution < -0.4 is 0 Å². The van der Waals surface area contributed by atoms with Crippen molar-refractivity contribution in [2.45, 2.75) is 117 Å². The van der Waals surface area contributed by atoms with Crippen molar-refractivity contribution in [2.75, 3.05) is 0 Å². The molecule has 0 aliphatic carbocycles. The zero-order valence-corrected chi connectivity index (χ0v) is 22.1. The van der Waals surface area contributed by atoms with E-state index in [1.165, 1.54) is 31.9 Å². The molecule has 0 unspecified atom stereocenters. The van der Waals surface area contributed by atoms with Crippen molar-refractivity contribution in [3.63, 3.8) is 0 Å². The van der Waals surface area contributed by atoms with E-state index in [1.807, 2.05) is 27.7 Å². The van der Waals surface area contributed by atoms with Crippen LogP contribution in [0.3, 0.4) is 0 Å². The number of furan rings is 2. The van der Waals surface area contributed by atoms with E-state index in [0.717, 1.165) is 37.7 Å². The van der Waals surface area contributed by atoms with Gasteiger partial charge in [-0.25, -0.2) is 9.78 Å². The van der Waals surface area contributed by atoms with E-state index >= 15 is 0 Å². The fourth-order valence-electron chi connectivity index (χ4n) is 3.09. The Bertz CT molecular complexity index is 736. The fourth-order valence-corrected chi connectivity index (χ4v) is 3.09. The van der Waals surface area contributed by atoms with Crippen LogP contribution in [0.4, 0.5) is 0 Å². The summed E-state index contributed by atoms with van der Waals surface area (Å²) in [5, 5.41) is 0. The first-order chi connectivity index (χ1) is 16.1. The minimum Gasteiger partial charge on any atom is -0.469 e. The van der Waals surface area contributed by atoms with E-state index in [-0.39, 0.29) is 0 Å². The number of carbonyl (C=O) groups is 1. The van der Waals surface area contributed by atoms with Gasteiger partial charge in [0.05, 0.1) is 23.0 Å². The largest absolute Gasteiger partial charge is 0.469 e. The Balaban J connectivity index is 0.000000605. The Morgan fingerprint density at radius 1 is 0.912 bits per heavy atom. The van der Waals surface area contributed by atoms with Gasteiger partial charge in [-0.1, -0.05) is 52.4 Å². The average molecular weight is 481 g/mol. The number of hydrogen-bond acceptors (Lipinski definition) is 7. The van der Waals surface area contributed by atoms with Crippen LogP contribution >= 0.6 is 0 Å². The zero-order chi connectivity index (χ0) is 25.5. The van der Waals surface area contributed by atoms with E-state index < -0.39 is 17.5 Å². The summed E-state index contributed by atoms with van der Waals surface area (Å²) < 4.78 is 10.2. The third kappa shape index (κ3) is 13.1. The fraction of sp³-hybridized carbons (Fsp3) is 0.667. The summed E-state index contributed by atoms with van der Waals surface area (Å²) in [6, 6.07) is 5.26. The molecule has 2 aromatic rings. The van der Waals surface area contributed by atoms with Gasteiger partial charge in [0.15, 0.2) is 12.0 Å². The third-order valence-electron chi connectivity index (χ3n) is 5.15. The summed E-state index contributed by atoms with van der Waals surface area (Å²) in [6.45, 7) is 14.2. The minimum atomic E-state index is -0.860. The standard InChI is InChI=1S/C21H38O5.C6H6O2/c1-7-9-11-15-20(3,4)25-23-19(18-14-13-17-22-18)24-26-21(5,6)16-12-10-8-2;1-5-2-6(3-7)4-8-5/h13-14,17,19H,7-12,15-16H2,1-6H3;2-4H,1H3. The molecule has 0 saturated heterocycles. The predicted octanol–water partition coefficient (Wildman–Crippen LogP) is 8.29. The normalized spacial score (nSPS) is 12.0. The summed E-state index contributed by atoms with van der Waals surface area (Å²) in [5.41, 5.74) is -0.206. The lowest BCUT2D eigenvalue weighted by molar-refractivity contribution is -0.508. The van der Waals surface area contributed by atoms with Crippen LogP contribution in [0.25, 0.3) is 0 Å². The van der Waals surface area contributed by atoms with Crippen LogP contribution in [0.2, 0.25) is 0 Å². The smallest absolute Gasteiger partial charge is 0.281 e. The Morgan fingerprint density at radius 3 is 1.82 bits per heavy atom. The SMILES string of the molecule is CCCCCC(C)(C)OOC(OOC(C)(C)CCCCC)c1ccco1.Cc1cc(C=O)co1. The van der Waals surface area contributed by atoms with Crippen molar-refractivity contribution < 1.29 is 33.2 Å². The molecule has 34 heavy (non-hydrogen) atoms. The molecule has 7 heteroatoms. The second kappa shape index (κ2) is 15.9. The van der Waals surface area contributed by atoms with E-state index in [0.29, 0.717) is 11.3 Å². The first-order valence-electron chi connectivity index (χ1n) is 12.3. The quantitative estimate of drug-likeness (QED) is 0.0785. The van der Waals surface area contributed by atoms with Crippen molar-refractivity contribution >= 4 is 6.29 Å². The number of rotatable bonds is 16. The van der Waals surface area contributed by atoms with E-state index in [2.05, 4.69) is 13.8 Å².